The molecule has 196 valence electrons. The van der Waals surface area contributed by atoms with Crippen molar-refractivity contribution in [1.29, 1.82) is 0 Å². The molecule has 6 rings (SSSR count). The number of carbonyl (C=O) groups is 3. The zero-order valence-electron chi connectivity index (χ0n) is 21.8. The van der Waals surface area contributed by atoms with Gasteiger partial charge in [-0.05, 0) is 80.8 Å². The molecule has 4 saturated carbocycles. The quantitative estimate of drug-likeness (QED) is 0.559. The van der Waals surface area contributed by atoms with Gasteiger partial charge in [-0.25, -0.2) is 4.79 Å². The lowest BCUT2D eigenvalue weighted by Crippen LogP contribution is -2.64. The maximum Gasteiger partial charge on any atom is 0.329 e. The number of nitrogens with zero attached hydrogens (tertiary/aromatic N) is 2. The summed E-state index contributed by atoms with van der Waals surface area (Å²) in [5, 5.41) is 2.79. The molecule has 36 heavy (non-hydrogen) atoms. The van der Waals surface area contributed by atoms with Crippen LogP contribution in [0, 0.1) is 23.7 Å². The second-order valence-electron chi connectivity index (χ2n) is 12.1. The van der Waals surface area contributed by atoms with Gasteiger partial charge in [0, 0.05) is 37.3 Å². The van der Waals surface area contributed by atoms with Crippen molar-refractivity contribution in [1.82, 2.24) is 15.1 Å². The molecular formula is C29H41N3O4. The Labute approximate surface area is 214 Å². The van der Waals surface area contributed by atoms with Gasteiger partial charge < -0.3 is 15.0 Å². The average molecular weight is 496 g/mol. The van der Waals surface area contributed by atoms with E-state index in [4.69, 9.17) is 4.74 Å². The number of rotatable bonds is 8. The summed E-state index contributed by atoms with van der Waals surface area (Å²) in [6.45, 7) is 6.92. The van der Waals surface area contributed by atoms with Crippen LogP contribution < -0.4 is 5.32 Å². The molecule has 2 amide bonds. The molecule has 0 radical (unpaired) electrons. The van der Waals surface area contributed by atoms with Crippen LogP contribution in [0.15, 0.2) is 30.3 Å². The van der Waals surface area contributed by atoms with Gasteiger partial charge in [0.05, 0.1) is 0 Å². The van der Waals surface area contributed by atoms with E-state index in [2.05, 4.69) is 10.2 Å². The highest BCUT2D eigenvalue weighted by Gasteiger charge is 2.53. The van der Waals surface area contributed by atoms with Crippen LogP contribution in [0.4, 0.5) is 0 Å². The van der Waals surface area contributed by atoms with E-state index >= 15 is 0 Å². The Bertz CT molecular complexity index is 919. The molecule has 1 unspecified atom stereocenters. The van der Waals surface area contributed by atoms with E-state index in [-0.39, 0.29) is 24.3 Å². The normalized spacial score (nSPS) is 30.3. The second kappa shape index (κ2) is 10.5. The van der Waals surface area contributed by atoms with Crippen LogP contribution in [-0.4, -0.2) is 72.0 Å². The van der Waals surface area contributed by atoms with E-state index in [0.717, 1.165) is 30.8 Å². The molecule has 4 bridgehead atoms. The largest absolute Gasteiger partial charge is 0.454 e. The number of hydrogen-bond donors (Lipinski definition) is 1. The summed E-state index contributed by atoms with van der Waals surface area (Å²) in [5.41, 5.74) is 0.865. The van der Waals surface area contributed by atoms with E-state index in [0.29, 0.717) is 30.6 Å². The van der Waals surface area contributed by atoms with Gasteiger partial charge in [0.1, 0.15) is 6.04 Å². The van der Waals surface area contributed by atoms with E-state index < -0.39 is 12.0 Å². The van der Waals surface area contributed by atoms with Crippen LogP contribution >= 0.6 is 0 Å². The minimum atomic E-state index is -0.779. The molecule has 1 heterocycles. The van der Waals surface area contributed by atoms with Gasteiger partial charge in [0.25, 0.3) is 11.8 Å². The van der Waals surface area contributed by atoms with E-state index in [9.17, 15) is 14.4 Å². The highest BCUT2D eigenvalue weighted by atomic mass is 16.5. The molecule has 1 saturated heterocycles. The minimum absolute atomic E-state index is 0.147. The first-order valence-electron chi connectivity index (χ1n) is 13.9. The maximum atomic E-state index is 12.9. The van der Waals surface area contributed by atoms with E-state index in [1.165, 1.54) is 38.5 Å². The zero-order valence-corrected chi connectivity index (χ0v) is 21.8. The van der Waals surface area contributed by atoms with Crippen LogP contribution in [0.3, 0.4) is 0 Å². The monoisotopic (exact) mass is 495 g/mol. The van der Waals surface area contributed by atoms with Crippen LogP contribution in [-0.2, 0) is 14.3 Å². The number of ether oxygens (including phenoxy) is 1. The Morgan fingerprint density at radius 3 is 2.08 bits per heavy atom. The van der Waals surface area contributed by atoms with Crippen molar-refractivity contribution < 1.29 is 19.1 Å². The van der Waals surface area contributed by atoms with Gasteiger partial charge in [0.2, 0.25) is 0 Å². The number of hydrogen-bond acceptors (Lipinski definition) is 5. The van der Waals surface area contributed by atoms with Crippen LogP contribution in [0.25, 0.3) is 0 Å². The third kappa shape index (κ3) is 5.46. The van der Waals surface area contributed by atoms with Crippen LogP contribution in [0.5, 0.6) is 0 Å². The van der Waals surface area contributed by atoms with Crippen molar-refractivity contribution in [3.8, 4) is 0 Å². The average Bonchev–Trinajstić information content (AvgIpc) is 2.86. The Kier molecular flexibility index (Phi) is 7.38. The molecule has 4 aliphatic carbocycles. The van der Waals surface area contributed by atoms with Gasteiger partial charge in [-0.15, -0.1) is 0 Å². The van der Waals surface area contributed by atoms with Crippen molar-refractivity contribution in [2.45, 2.75) is 70.4 Å². The van der Waals surface area contributed by atoms with Crippen LogP contribution in [0.1, 0.15) is 69.2 Å². The summed E-state index contributed by atoms with van der Waals surface area (Å²) in [7, 11) is 0. The predicted octanol–water partition coefficient (Wildman–Crippen LogP) is 3.49. The van der Waals surface area contributed by atoms with Gasteiger partial charge >= 0.3 is 5.97 Å². The third-order valence-corrected chi connectivity index (χ3v) is 8.98. The van der Waals surface area contributed by atoms with Crippen molar-refractivity contribution in [3.63, 3.8) is 0 Å². The fourth-order valence-electron chi connectivity index (χ4n) is 7.72. The molecule has 0 aromatic heterocycles. The topological polar surface area (TPSA) is 78.9 Å². The number of amides is 2. The lowest BCUT2D eigenvalue weighted by atomic mass is 9.52. The molecule has 1 N–H and O–H groups in total. The number of esters is 1. The molecule has 0 spiro atoms. The standard InChI is InChI=1S/C29H41N3O4/c1-20(2)12-25(30-27(34)24-6-4-3-5-7-24)28(35)36-19-26(33)31-8-10-32(11-9-31)29-16-21-13-22(17-29)15-23(14-21)18-29/h3-7,20-23,25H,8-19H2,1-2H3,(H,30,34). The highest BCUT2D eigenvalue weighted by molar-refractivity contribution is 5.97. The fourth-order valence-corrected chi connectivity index (χ4v) is 7.72. The Morgan fingerprint density at radius 2 is 1.53 bits per heavy atom. The first-order chi connectivity index (χ1) is 17.3. The predicted molar refractivity (Wildman–Crippen MR) is 137 cm³/mol. The summed E-state index contributed by atoms with van der Waals surface area (Å²) in [5.74, 6) is 1.92. The smallest absolute Gasteiger partial charge is 0.329 e. The van der Waals surface area contributed by atoms with Gasteiger partial charge in [0.15, 0.2) is 6.61 Å². The summed E-state index contributed by atoms with van der Waals surface area (Å²) < 4.78 is 5.43. The molecule has 5 fully saturated rings. The van der Waals surface area contributed by atoms with Crippen molar-refractivity contribution in [2.24, 2.45) is 23.7 Å². The molecule has 1 atom stereocenters. The zero-order chi connectivity index (χ0) is 25.3. The van der Waals surface area contributed by atoms with Crippen molar-refractivity contribution in [2.75, 3.05) is 32.8 Å². The molecular weight excluding hydrogens is 454 g/mol. The van der Waals surface area contributed by atoms with Crippen molar-refractivity contribution >= 4 is 17.8 Å². The van der Waals surface area contributed by atoms with E-state index in [1.54, 1.807) is 24.3 Å². The first-order valence-corrected chi connectivity index (χ1v) is 13.9. The minimum Gasteiger partial charge on any atom is -0.454 e. The summed E-state index contributed by atoms with van der Waals surface area (Å²) in [6.07, 6.45) is 8.80. The number of benzene rings is 1. The lowest BCUT2D eigenvalue weighted by Gasteiger charge is -2.61. The fraction of sp³-hybridized carbons (Fsp3) is 0.690. The second-order valence-corrected chi connectivity index (χ2v) is 12.1. The summed E-state index contributed by atoms with van der Waals surface area (Å²) in [6, 6.07) is 8.04. The maximum absolute atomic E-state index is 12.9. The Balaban J connectivity index is 1.11. The Hall–Kier alpha value is -2.41. The summed E-state index contributed by atoms with van der Waals surface area (Å²) >= 11 is 0. The van der Waals surface area contributed by atoms with E-state index in [1.807, 2.05) is 24.8 Å². The summed E-state index contributed by atoms with van der Waals surface area (Å²) in [4.78, 5) is 42.8. The SMILES string of the molecule is CC(C)CC(NC(=O)c1ccccc1)C(=O)OCC(=O)N1CCN(C23CC4CC(CC(C4)C2)C3)CC1. The molecule has 7 heteroatoms. The number of nitrogens with one attached hydrogen (secondary N) is 1. The molecule has 7 nitrogen and oxygen atoms in total. The van der Waals surface area contributed by atoms with Gasteiger partial charge in [-0.2, -0.15) is 0 Å². The molecule has 1 aromatic carbocycles. The van der Waals surface area contributed by atoms with Gasteiger partial charge in [-0.3, -0.25) is 14.5 Å². The van der Waals surface area contributed by atoms with Crippen LogP contribution in [0.2, 0.25) is 0 Å². The lowest BCUT2D eigenvalue weighted by molar-refractivity contribution is -0.156. The van der Waals surface area contributed by atoms with Crippen molar-refractivity contribution in [3.05, 3.63) is 35.9 Å². The molecule has 1 aromatic rings. The number of carbonyl (C=O) groups excluding carboxylic acids is 3. The molecule has 1 aliphatic heterocycles. The van der Waals surface area contributed by atoms with Gasteiger partial charge in [-0.1, -0.05) is 32.0 Å². The molecule has 5 aliphatic rings. The number of piperazine rings is 1. The first kappa shape index (κ1) is 25.2. The Morgan fingerprint density at radius 1 is 0.944 bits per heavy atom. The highest BCUT2D eigenvalue weighted by Crippen LogP contribution is 2.57. The third-order valence-electron chi connectivity index (χ3n) is 8.98.